The largest absolute Gasteiger partial charge is 0.396 e. The molecule has 2 N–H and O–H groups in total. The minimum Gasteiger partial charge on any atom is -0.396 e. The maximum atomic E-state index is 9.10. The van der Waals surface area contributed by atoms with E-state index in [1.807, 2.05) is 0 Å². The van der Waals surface area contributed by atoms with Gasteiger partial charge in [-0.25, -0.2) is 0 Å². The third-order valence-corrected chi connectivity index (χ3v) is 3.49. The molecule has 0 bridgehead atoms. The summed E-state index contributed by atoms with van der Waals surface area (Å²) in [6, 6.07) is 0. The normalized spacial score (nSPS) is 28.4. The molecule has 0 aromatic carbocycles. The van der Waals surface area contributed by atoms with Crippen LogP contribution in [-0.2, 0) is 0 Å². The van der Waals surface area contributed by atoms with Gasteiger partial charge >= 0.3 is 0 Å². The van der Waals surface area contributed by atoms with E-state index in [4.69, 9.17) is 28.3 Å². The molecule has 0 heterocycles. The van der Waals surface area contributed by atoms with E-state index in [1.165, 1.54) is 18.4 Å². The summed E-state index contributed by atoms with van der Waals surface area (Å²) in [5, 5.41) is 13.0. The second-order valence-corrected chi connectivity index (χ2v) is 4.52. The van der Waals surface area contributed by atoms with Crippen molar-refractivity contribution in [1.29, 1.82) is 0 Å². The molecule has 14 heavy (non-hydrogen) atoms. The number of hydrogen-bond donors (Lipinski definition) is 2. The van der Waals surface area contributed by atoms with Crippen molar-refractivity contribution in [1.82, 2.24) is 5.32 Å². The fourth-order valence-corrected chi connectivity index (χ4v) is 2.21. The first-order chi connectivity index (χ1) is 6.77. The van der Waals surface area contributed by atoms with E-state index < -0.39 is 0 Å². The van der Waals surface area contributed by atoms with Crippen LogP contribution in [0.25, 0.3) is 0 Å². The number of rotatable bonds is 5. The lowest BCUT2D eigenvalue weighted by atomic mass is 9.97. The fourth-order valence-electron chi connectivity index (χ4n) is 2.04. The fraction of sp³-hybridized carbons (Fsp3) is 0.800. The van der Waals surface area contributed by atoms with Crippen LogP contribution in [0.3, 0.4) is 0 Å². The second kappa shape index (κ2) is 6.67. The summed E-state index contributed by atoms with van der Waals surface area (Å²) in [7, 11) is 0. The molecule has 1 fully saturated rings. The molecule has 0 amide bonds. The summed E-state index contributed by atoms with van der Waals surface area (Å²) in [5.74, 6) is 1.07. The van der Waals surface area contributed by atoms with Crippen LogP contribution in [0.15, 0.2) is 10.6 Å². The highest BCUT2D eigenvalue weighted by Crippen LogP contribution is 2.30. The zero-order chi connectivity index (χ0) is 10.4. The number of halogens is 2. The van der Waals surface area contributed by atoms with E-state index in [9.17, 15) is 0 Å². The van der Waals surface area contributed by atoms with Gasteiger partial charge in [-0.15, -0.1) is 0 Å². The lowest BCUT2D eigenvalue weighted by Crippen LogP contribution is -2.27. The Kier molecular flexibility index (Phi) is 5.87. The second-order valence-electron chi connectivity index (χ2n) is 3.82. The van der Waals surface area contributed by atoms with E-state index in [0.29, 0.717) is 30.0 Å². The van der Waals surface area contributed by atoms with Gasteiger partial charge in [-0.05, 0) is 31.2 Å². The minimum atomic E-state index is 0.311. The van der Waals surface area contributed by atoms with Crippen LogP contribution in [0.1, 0.15) is 19.3 Å². The van der Waals surface area contributed by atoms with Gasteiger partial charge in [-0.1, -0.05) is 29.6 Å². The van der Waals surface area contributed by atoms with Crippen molar-refractivity contribution in [2.24, 2.45) is 11.8 Å². The van der Waals surface area contributed by atoms with Gasteiger partial charge < -0.3 is 10.4 Å². The molecular weight excluding hydrogens is 221 g/mol. The van der Waals surface area contributed by atoms with Crippen molar-refractivity contribution in [2.75, 3.05) is 19.7 Å². The van der Waals surface area contributed by atoms with Gasteiger partial charge in [0.05, 0.1) is 0 Å². The smallest absolute Gasteiger partial charge is 0.0462 e. The van der Waals surface area contributed by atoms with E-state index in [0.717, 1.165) is 13.0 Å². The highest BCUT2D eigenvalue weighted by molar-refractivity contribution is 6.36. The first kappa shape index (κ1) is 12.3. The van der Waals surface area contributed by atoms with E-state index >= 15 is 0 Å². The molecule has 0 aromatic rings. The van der Waals surface area contributed by atoms with Gasteiger partial charge in [0.15, 0.2) is 0 Å². The molecule has 0 spiro atoms. The summed E-state index contributed by atoms with van der Waals surface area (Å²) < 4.78 is 0. The predicted octanol–water partition coefficient (Wildman–Crippen LogP) is 2.30. The first-order valence-electron chi connectivity index (χ1n) is 5.04. The van der Waals surface area contributed by atoms with Gasteiger partial charge in [-0.3, -0.25) is 0 Å². The minimum absolute atomic E-state index is 0.311. The summed E-state index contributed by atoms with van der Waals surface area (Å²) in [4.78, 5) is 0. The van der Waals surface area contributed by atoms with E-state index in [2.05, 4.69) is 5.32 Å². The van der Waals surface area contributed by atoms with E-state index in [1.54, 1.807) is 0 Å². The van der Waals surface area contributed by atoms with E-state index in [-0.39, 0.29) is 0 Å². The zero-order valence-corrected chi connectivity index (χ0v) is 9.69. The highest BCUT2D eigenvalue weighted by Gasteiger charge is 2.25. The molecule has 1 rings (SSSR count). The molecule has 0 aliphatic heterocycles. The molecule has 2 atom stereocenters. The Morgan fingerprint density at radius 3 is 2.79 bits per heavy atom. The lowest BCUT2D eigenvalue weighted by Gasteiger charge is -2.17. The quantitative estimate of drug-likeness (QED) is 0.770. The van der Waals surface area contributed by atoms with Gasteiger partial charge in [0, 0.05) is 23.7 Å². The molecule has 4 heteroatoms. The van der Waals surface area contributed by atoms with Crippen LogP contribution in [0.4, 0.5) is 0 Å². The zero-order valence-electron chi connectivity index (χ0n) is 8.18. The van der Waals surface area contributed by atoms with Crippen LogP contribution in [0.2, 0.25) is 0 Å². The number of hydrogen-bond acceptors (Lipinski definition) is 2. The van der Waals surface area contributed by atoms with Crippen molar-refractivity contribution in [3.05, 3.63) is 10.6 Å². The van der Waals surface area contributed by atoms with Crippen LogP contribution in [0.5, 0.6) is 0 Å². The number of nitrogens with one attached hydrogen (secondary N) is 1. The Bertz CT molecular complexity index is 197. The van der Waals surface area contributed by atoms with Crippen molar-refractivity contribution >= 4 is 23.2 Å². The standard InChI is InChI=1S/C10H17Cl2NO/c11-4-10(12)6-13-5-8-2-1-3-9(8)7-14/h4,8-9,13-14H,1-3,5-7H2. The van der Waals surface area contributed by atoms with Crippen molar-refractivity contribution in [2.45, 2.75) is 19.3 Å². The summed E-state index contributed by atoms with van der Waals surface area (Å²) in [6.07, 6.45) is 3.60. The highest BCUT2D eigenvalue weighted by atomic mass is 35.5. The molecule has 0 radical (unpaired) electrons. The first-order valence-corrected chi connectivity index (χ1v) is 5.85. The molecule has 1 aliphatic carbocycles. The monoisotopic (exact) mass is 237 g/mol. The molecular formula is C10H17Cl2NO. The predicted molar refractivity (Wildman–Crippen MR) is 60.6 cm³/mol. The lowest BCUT2D eigenvalue weighted by molar-refractivity contribution is 0.193. The third-order valence-electron chi connectivity index (χ3n) is 2.87. The van der Waals surface area contributed by atoms with Crippen LogP contribution in [-0.4, -0.2) is 24.8 Å². The van der Waals surface area contributed by atoms with Crippen LogP contribution >= 0.6 is 23.2 Å². The molecule has 2 unspecified atom stereocenters. The Balaban J connectivity index is 2.17. The van der Waals surface area contributed by atoms with Crippen LogP contribution < -0.4 is 5.32 Å². The molecule has 1 saturated carbocycles. The summed E-state index contributed by atoms with van der Waals surface area (Å²) in [6.45, 7) is 1.86. The summed E-state index contributed by atoms with van der Waals surface area (Å²) in [5.41, 5.74) is 1.38. The van der Waals surface area contributed by atoms with Gasteiger partial charge in [0.25, 0.3) is 0 Å². The van der Waals surface area contributed by atoms with Crippen molar-refractivity contribution in [3.63, 3.8) is 0 Å². The number of aliphatic hydroxyl groups is 1. The maximum Gasteiger partial charge on any atom is 0.0462 e. The van der Waals surface area contributed by atoms with Gasteiger partial charge in [0.1, 0.15) is 0 Å². The molecule has 0 aromatic heterocycles. The molecule has 0 saturated heterocycles. The topological polar surface area (TPSA) is 32.3 Å². The SMILES string of the molecule is OCC1CCCC1CNCC(Cl)=CCl. The van der Waals surface area contributed by atoms with Crippen LogP contribution in [0, 0.1) is 11.8 Å². The average Bonchev–Trinajstić information content (AvgIpc) is 2.65. The summed E-state index contributed by atoms with van der Waals surface area (Å²) >= 11 is 11.2. The van der Waals surface area contributed by atoms with Crippen molar-refractivity contribution < 1.29 is 5.11 Å². The Labute approximate surface area is 95.3 Å². The maximum absolute atomic E-state index is 9.10. The number of aliphatic hydroxyl groups excluding tert-OH is 1. The molecule has 2 nitrogen and oxygen atoms in total. The third kappa shape index (κ3) is 3.77. The molecule has 82 valence electrons. The van der Waals surface area contributed by atoms with Crippen molar-refractivity contribution in [3.8, 4) is 0 Å². The Morgan fingerprint density at radius 1 is 1.43 bits per heavy atom. The Morgan fingerprint density at radius 2 is 2.14 bits per heavy atom. The molecule has 1 aliphatic rings. The van der Waals surface area contributed by atoms with Gasteiger partial charge in [-0.2, -0.15) is 0 Å². The Hall–Kier alpha value is 0.240. The van der Waals surface area contributed by atoms with Gasteiger partial charge in [0.2, 0.25) is 0 Å². The average molecular weight is 238 g/mol.